The Morgan fingerprint density at radius 3 is 2.22 bits per heavy atom. The molecular formula is C32H55N5O7S. The van der Waals surface area contributed by atoms with E-state index in [-0.39, 0.29) is 42.4 Å². The molecule has 13 heteroatoms. The highest BCUT2D eigenvalue weighted by Gasteiger charge is 2.45. The predicted molar refractivity (Wildman–Crippen MR) is 174 cm³/mol. The van der Waals surface area contributed by atoms with E-state index in [1.807, 2.05) is 34.6 Å². The van der Waals surface area contributed by atoms with Crippen molar-refractivity contribution in [2.45, 2.75) is 116 Å². The summed E-state index contributed by atoms with van der Waals surface area (Å²) < 4.78 is 22.9. The smallest absolute Gasteiger partial charge is 0.315 e. The zero-order chi connectivity index (χ0) is 33.9. The number of hydrogen-bond donors (Lipinski definition) is 4. The Balaban J connectivity index is 2.31. The van der Waals surface area contributed by atoms with Gasteiger partial charge >= 0.3 is 6.03 Å². The molecule has 1 heterocycles. The highest BCUT2D eigenvalue weighted by atomic mass is 32.2. The normalized spacial score (nSPS) is 20.6. The van der Waals surface area contributed by atoms with Gasteiger partial charge in [-0.2, -0.15) is 0 Å². The summed E-state index contributed by atoms with van der Waals surface area (Å²) in [6.45, 7) is 13.6. The highest BCUT2D eigenvalue weighted by molar-refractivity contribution is 7.90. The summed E-state index contributed by atoms with van der Waals surface area (Å²) in [6, 6.07) is -3.31. The number of sulfone groups is 1. The summed E-state index contributed by atoms with van der Waals surface area (Å²) >= 11 is 0. The Morgan fingerprint density at radius 2 is 1.67 bits per heavy atom. The van der Waals surface area contributed by atoms with Crippen molar-refractivity contribution < 1.29 is 32.4 Å². The molecule has 2 aliphatic rings. The zero-order valence-corrected chi connectivity index (χ0v) is 28.8. The second-order valence-electron chi connectivity index (χ2n) is 13.6. The molecule has 1 unspecified atom stereocenters. The van der Waals surface area contributed by atoms with Gasteiger partial charge in [0.15, 0.2) is 0 Å². The molecule has 12 nitrogen and oxygen atoms in total. The Labute approximate surface area is 269 Å². The molecule has 1 aliphatic heterocycles. The summed E-state index contributed by atoms with van der Waals surface area (Å²) in [7, 11) is -3.35. The van der Waals surface area contributed by atoms with E-state index in [1.165, 1.54) is 0 Å². The van der Waals surface area contributed by atoms with Gasteiger partial charge in [0.2, 0.25) is 17.6 Å². The van der Waals surface area contributed by atoms with Crippen LogP contribution in [0.4, 0.5) is 4.79 Å². The van der Waals surface area contributed by atoms with Crippen molar-refractivity contribution >= 4 is 39.4 Å². The van der Waals surface area contributed by atoms with E-state index in [0.717, 1.165) is 38.4 Å². The van der Waals surface area contributed by atoms with Gasteiger partial charge in [-0.3, -0.25) is 19.2 Å². The summed E-state index contributed by atoms with van der Waals surface area (Å²) in [5.41, 5.74) is -0.465. The van der Waals surface area contributed by atoms with Crippen LogP contribution in [0.1, 0.15) is 92.4 Å². The van der Waals surface area contributed by atoms with Crippen molar-refractivity contribution in [1.29, 1.82) is 0 Å². The lowest BCUT2D eigenvalue weighted by Crippen LogP contribution is -2.60. The number of likely N-dealkylation sites (tertiary alicyclic amines) is 1. The Bertz CT molecular complexity index is 1180. The quantitative estimate of drug-likeness (QED) is 0.146. The molecule has 45 heavy (non-hydrogen) atoms. The van der Waals surface area contributed by atoms with Gasteiger partial charge in [-0.05, 0) is 70.1 Å². The Kier molecular flexibility index (Phi) is 14.5. The number of amides is 5. The molecule has 2 fully saturated rings. The van der Waals surface area contributed by atoms with Crippen molar-refractivity contribution in [3.63, 3.8) is 0 Å². The second kappa shape index (κ2) is 17.1. The average Bonchev–Trinajstić information content (AvgIpc) is 3.43. The van der Waals surface area contributed by atoms with Gasteiger partial charge < -0.3 is 26.2 Å². The van der Waals surface area contributed by atoms with Crippen molar-refractivity contribution in [3.05, 3.63) is 12.7 Å². The fourth-order valence-electron chi connectivity index (χ4n) is 5.86. The van der Waals surface area contributed by atoms with E-state index in [2.05, 4.69) is 27.8 Å². The van der Waals surface area contributed by atoms with Crippen LogP contribution in [-0.2, 0) is 29.0 Å². The van der Waals surface area contributed by atoms with E-state index < -0.39 is 57.1 Å². The third kappa shape index (κ3) is 12.1. The number of ketones is 1. The summed E-state index contributed by atoms with van der Waals surface area (Å²) in [5, 5.41) is 10.9. The number of Topliss-reactive ketones (excluding diaryl/α,β-unsaturated/α-hetero) is 1. The number of rotatable bonds is 16. The number of carbonyl (C=O) groups excluding carboxylic acids is 5. The number of urea groups is 1. The molecule has 0 aromatic heterocycles. The molecule has 0 bridgehead atoms. The predicted octanol–water partition coefficient (Wildman–Crippen LogP) is 2.48. The molecule has 1 saturated heterocycles. The van der Waals surface area contributed by atoms with Crippen molar-refractivity contribution in [1.82, 2.24) is 26.2 Å². The molecule has 4 atom stereocenters. The lowest BCUT2D eigenvalue weighted by Gasteiger charge is -2.36. The maximum absolute atomic E-state index is 14.3. The lowest BCUT2D eigenvalue weighted by atomic mass is 9.83. The molecule has 0 aromatic carbocycles. The third-order valence-corrected chi connectivity index (χ3v) is 10.1. The molecule has 1 aliphatic carbocycles. The first-order valence-electron chi connectivity index (χ1n) is 16.3. The number of carbonyl (C=O) groups is 5. The van der Waals surface area contributed by atoms with Crippen molar-refractivity contribution in [2.24, 2.45) is 17.8 Å². The van der Waals surface area contributed by atoms with Crippen LogP contribution in [0.2, 0.25) is 0 Å². The van der Waals surface area contributed by atoms with Crippen LogP contribution < -0.4 is 21.3 Å². The van der Waals surface area contributed by atoms with Crippen LogP contribution in [0.15, 0.2) is 12.7 Å². The SMILES string of the molecule is C=CCCC(NC(=O)[C@@H]1C[C@@H](C(C)C)CN1C(=O)[C@@H](NC(=O)NC(C)(C)CC)C1CCCCC1)C(=O)C(=O)NCCS(C)(=O)=O. The van der Waals surface area contributed by atoms with E-state index in [4.69, 9.17) is 0 Å². The second-order valence-corrected chi connectivity index (χ2v) is 15.9. The topological polar surface area (TPSA) is 171 Å². The molecule has 256 valence electrons. The molecule has 0 aromatic rings. The molecular weight excluding hydrogens is 598 g/mol. The van der Waals surface area contributed by atoms with Gasteiger partial charge in [0, 0.05) is 24.9 Å². The van der Waals surface area contributed by atoms with Gasteiger partial charge in [0.25, 0.3) is 5.91 Å². The number of nitrogens with zero attached hydrogens (tertiary/aromatic N) is 1. The maximum atomic E-state index is 14.3. The minimum absolute atomic E-state index is 0.0196. The van der Waals surface area contributed by atoms with E-state index >= 15 is 0 Å². The Morgan fingerprint density at radius 1 is 1.02 bits per heavy atom. The molecule has 0 radical (unpaired) electrons. The first-order chi connectivity index (χ1) is 21.0. The minimum atomic E-state index is -3.35. The van der Waals surface area contributed by atoms with Gasteiger partial charge in [-0.15, -0.1) is 6.58 Å². The van der Waals surface area contributed by atoms with Crippen molar-refractivity contribution in [2.75, 3.05) is 25.1 Å². The summed E-state index contributed by atoms with van der Waals surface area (Å²) in [4.78, 5) is 68.5. The van der Waals surface area contributed by atoms with Gasteiger partial charge in [0.05, 0.1) is 11.8 Å². The molecule has 2 rings (SSSR count). The van der Waals surface area contributed by atoms with Crippen molar-refractivity contribution in [3.8, 4) is 0 Å². The van der Waals surface area contributed by atoms with E-state index in [9.17, 15) is 32.4 Å². The van der Waals surface area contributed by atoms with Crippen LogP contribution in [0, 0.1) is 17.8 Å². The van der Waals surface area contributed by atoms with Crippen LogP contribution in [0.3, 0.4) is 0 Å². The standard InChI is InChI=1S/C32H55N5O7S/c1-8-10-16-24(27(38)29(40)33-17-18-45(7,43)44)34-28(39)25-19-23(21(3)4)20-37(25)30(41)26(22-14-12-11-13-15-22)35-31(42)36-32(5,6)9-2/h8,21-26H,1,9-20H2,2-7H3,(H,33,40)(H,34,39)(H2,35,36,42)/t23-,24?,25+,26+/m1/s1. The molecule has 5 amide bonds. The number of hydrogen-bond acceptors (Lipinski definition) is 7. The number of allylic oxidation sites excluding steroid dienone is 1. The van der Waals surface area contributed by atoms with E-state index in [0.29, 0.717) is 25.8 Å². The largest absolute Gasteiger partial charge is 0.348 e. The zero-order valence-electron chi connectivity index (χ0n) is 27.9. The molecule has 1 saturated carbocycles. The molecule has 0 spiro atoms. The van der Waals surface area contributed by atoms with Crippen LogP contribution in [0.5, 0.6) is 0 Å². The minimum Gasteiger partial charge on any atom is -0.348 e. The number of nitrogens with one attached hydrogen (secondary N) is 4. The van der Waals surface area contributed by atoms with Crippen LogP contribution in [-0.4, -0.2) is 91.6 Å². The van der Waals surface area contributed by atoms with Gasteiger partial charge in [0.1, 0.15) is 21.9 Å². The molecule has 4 N–H and O–H groups in total. The fraction of sp³-hybridized carbons (Fsp3) is 0.781. The van der Waals surface area contributed by atoms with Gasteiger partial charge in [-0.25, -0.2) is 13.2 Å². The first kappa shape index (κ1) is 38.2. The monoisotopic (exact) mass is 653 g/mol. The fourth-order valence-corrected chi connectivity index (χ4v) is 6.33. The lowest BCUT2D eigenvalue weighted by molar-refractivity contribution is -0.143. The third-order valence-electron chi connectivity index (χ3n) is 9.15. The summed E-state index contributed by atoms with van der Waals surface area (Å²) in [5.74, 6) is -2.95. The van der Waals surface area contributed by atoms with E-state index in [1.54, 1.807) is 11.0 Å². The highest BCUT2D eigenvalue weighted by Crippen LogP contribution is 2.33. The average molecular weight is 654 g/mol. The summed E-state index contributed by atoms with van der Waals surface area (Å²) in [6.07, 6.45) is 8.69. The first-order valence-corrected chi connectivity index (χ1v) is 18.4. The van der Waals surface area contributed by atoms with Crippen LogP contribution in [0.25, 0.3) is 0 Å². The van der Waals surface area contributed by atoms with Gasteiger partial charge in [-0.1, -0.05) is 46.1 Å². The maximum Gasteiger partial charge on any atom is 0.315 e. The van der Waals surface area contributed by atoms with Crippen LogP contribution >= 0.6 is 0 Å². The Hall–Kier alpha value is -2.96.